The summed E-state index contributed by atoms with van der Waals surface area (Å²) in [6.07, 6.45) is 4.19. The fourth-order valence-corrected chi connectivity index (χ4v) is 4.52. The lowest BCUT2D eigenvalue weighted by Crippen LogP contribution is -2.52. The monoisotopic (exact) mass is 370 g/mol. The van der Waals surface area contributed by atoms with Crippen LogP contribution in [-0.4, -0.2) is 47.3 Å². The second kappa shape index (κ2) is 7.31. The second-order valence-corrected chi connectivity index (χ2v) is 7.62. The number of carbonyl (C=O) groups excluding carboxylic acids is 3. The van der Waals surface area contributed by atoms with Crippen LogP contribution in [0.5, 0.6) is 0 Å². The van der Waals surface area contributed by atoms with Gasteiger partial charge in [0.25, 0.3) is 5.91 Å². The Hall–Kier alpha value is -2.41. The van der Waals surface area contributed by atoms with Gasteiger partial charge in [0.05, 0.1) is 0 Å². The molecule has 3 N–H and O–H groups in total. The van der Waals surface area contributed by atoms with Gasteiger partial charge in [-0.25, -0.2) is 0 Å². The predicted molar refractivity (Wildman–Crippen MR) is 101 cm³/mol. The maximum Gasteiger partial charge on any atom is 0.255 e. The lowest BCUT2D eigenvalue weighted by atomic mass is 10.0. The Kier molecular flexibility index (Phi) is 4.86. The number of hydrogen-bond acceptors (Lipinski definition) is 5. The molecule has 0 spiro atoms. The summed E-state index contributed by atoms with van der Waals surface area (Å²) in [7, 11) is 0. The Labute approximate surface area is 158 Å². The summed E-state index contributed by atoms with van der Waals surface area (Å²) >= 11 is 0. The number of benzene rings is 1. The van der Waals surface area contributed by atoms with Gasteiger partial charge in [0.15, 0.2) is 0 Å². The highest BCUT2D eigenvalue weighted by atomic mass is 16.2. The molecule has 2 heterocycles. The molecule has 1 saturated heterocycles. The molecule has 2 fully saturated rings. The van der Waals surface area contributed by atoms with Crippen LogP contribution >= 0.6 is 0 Å². The largest absolute Gasteiger partial charge is 0.381 e. The van der Waals surface area contributed by atoms with E-state index in [1.54, 1.807) is 4.90 Å². The molecule has 4 rings (SSSR count). The minimum atomic E-state index is -0.563. The van der Waals surface area contributed by atoms with Gasteiger partial charge in [-0.1, -0.05) is 6.92 Å². The van der Waals surface area contributed by atoms with Crippen LogP contribution in [-0.2, 0) is 16.1 Å². The average molecular weight is 370 g/mol. The smallest absolute Gasteiger partial charge is 0.255 e. The van der Waals surface area contributed by atoms with Gasteiger partial charge in [0.1, 0.15) is 6.04 Å². The third-order valence-corrected chi connectivity index (χ3v) is 5.86. The summed E-state index contributed by atoms with van der Waals surface area (Å²) in [4.78, 5) is 37.8. The number of nitrogens with zero attached hydrogens (tertiary/aromatic N) is 1. The molecule has 1 aromatic carbocycles. The van der Waals surface area contributed by atoms with E-state index in [4.69, 9.17) is 0 Å². The first-order chi connectivity index (χ1) is 13.1. The van der Waals surface area contributed by atoms with Crippen LogP contribution in [0.3, 0.4) is 0 Å². The number of anilines is 1. The molecule has 3 atom stereocenters. The van der Waals surface area contributed by atoms with E-state index >= 15 is 0 Å². The summed E-state index contributed by atoms with van der Waals surface area (Å²) < 4.78 is 0. The molecule has 3 amide bonds. The van der Waals surface area contributed by atoms with E-state index in [0.717, 1.165) is 24.2 Å². The minimum absolute atomic E-state index is 0.127. The van der Waals surface area contributed by atoms with Crippen LogP contribution in [0.15, 0.2) is 18.2 Å². The van der Waals surface area contributed by atoms with Gasteiger partial charge < -0.3 is 15.5 Å². The van der Waals surface area contributed by atoms with Gasteiger partial charge in [-0.3, -0.25) is 19.7 Å². The van der Waals surface area contributed by atoms with Gasteiger partial charge in [-0.2, -0.15) is 0 Å². The van der Waals surface area contributed by atoms with Crippen molar-refractivity contribution in [3.63, 3.8) is 0 Å². The molecule has 2 unspecified atom stereocenters. The lowest BCUT2D eigenvalue weighted by Gasteiger charge is -2.29. The average Bonchev–Trinajstić information content (AvgIpc) is 3.20. The SMILES string of the molecule is CCNC1CCC[C@H]1Nc1ccc2c(c1)CN(C1CCC(=O)NC1=O)C2=O. The van der Waals surface area contributed by atoms with Crippen LogP contribution in [0.1, 0.15) is 54.9 Å². The molecule has 0 aromatic heterocycles. The number of likely N-dealkylation sites (N-methyl/N-ethyl adjacent to an activating group) is 1. The quantitative estimate of drug-likeness (QED) is 0.682. The standard InChI is InChI=1S/C20H26N4O3/c1-2-21-15-4-3-5-16(15)22-13-6-7-14-12(10-13)11-24(20(14)27)17-8-9-18(25)23-19(17)26/h6-7,10,15-17,21-22H,2-5,8-9,11H2,1H3,(H,23,25,26)/t15?,16-,17?/m1/s1. The van der Waals surface area contributed by atoms with Crippen LogP contribution in [0.4, 0.5) is 5.69 Å². The van der Waals surface area contributed by atoms with Gasteiger partial charge in [-0.15, -0.1) is 0 Å². The Bertz CT molecular complexity index is 778. The summed E-state index contributed by atoms with van der Waals surface area (Å²) in [5.41, 5.74) is 2.61. The van der Waals surface area contributed by atoms with Crippen molar-refractivity contribution >= 4 is 23.4 Å². The summed E-state index contributed by atoms with van der Waals surface area (Å²) in [5, 5.41) is 9.49. The first kappa shape index (κ1) is 18.0. The van der Waals surface area contributed by atoms with Crippen LogP contribution in [0.2, 0.25) is 0 Å². The molecule has 27 heavy (non-hydrogen) atoms. The fourth-order valence-electron chi connectivity index (χ4n) is 4.52. The molecule has 7 nitrogen and oxygen atoms in total. The molecule has 144 valence electrons. The van der Waals surface area contributed by atoms with Crippen molar-refractivity contribution in [2.75, 3.05) is 11.9 Å². The zero-order valence-corrected chi connectivity index (χ0v) is 15.6. The van der Waals surface area contributed by atoms with Gasteiger partial charge in [-0.05, 0) is 56.0 Å². The Morgan fingerprint density at radius 1 is 1.15 bits per heavy atom. The van der Waals surface area contributed by atoms with Crippen molar-refractivity contribution in [3.05, 3.63) is 29.3 Å². The van der Waals surface area contributed by atoms with E-state index in [9.17, 15) is 14.4 Å². The van der Waals surface area contributed by atoms with E-state index in [0.29, 0.717) is 30.6 Å². The fraction of sp³-hybridized carbons (Fsp3) is 0.550. The van der Waals surface area contributed by atoms with E-state index in [1.165, 1.54) is 12.8 Å². The lowest BCUT2D eigenvalue weighted by molar-refractivity contribution is -0.136. The first-order valence-electron chi connectivity index (χ1n) is 9.84. The van der Waals surface area contributed by atoms with Crippen molar-refractivity contribution < 1.29 is 14.4 Å². The number of rotatable bonds is 5. The highest BCUT2D eigenvalue weighted by Gasteiger charge is 2.39. The first-order valence-corrected chi connectivity index (χ1v) is 9.84. The van der Waals surface area contributed by atoms with Crippen molar-refractivity contribution in [2.45, 2.75) is 63.7 Å². The molecule has 1 aromatic rings. The van der Waals surface area contributed by atoms with Gasteiger partial charge >= 0.3 is 0 Å². The van der Waals surface area contributed by atoms with Crippen LogP contribution in [0.25, 0.3) is 0 Å². The third kappa shape index (κ3) is 3.43. The number of nitrogens with one attached hydrogen (secondary N) is 3. The maximum absolute atomic E-state index is 12.7. The van der Waals surface area contributed by atoms with E-state index in [-0.39, 0.29) is 24.1 Å². The van der Waals surface area contributed by atoms with E-state index in [2.05, 4.69) is 22.9 Å². The van der Waals surface area contributed by atoms with E-state index < -0.39 is 6.04 Å². The molecular weight excluding hydrogens is 344 g/mol. The number of piperidine rings is 1. The Morgan fingerprint density at radius 2 is 1.96 bits per heavy atom. The normalized spacial score (nSPS) is 27.7. The number of fused-ring (bicyclic) bond motifs is 1. The molecule has 0 bridgehead atoms. The molecular formula is C20H26N4O3. The van der Waals surface area contributed by atoms with Crippen molar-refractivity contribution in [1.82, 2.24) is 15.5 Å². The number of hydrogen-bond donors (Lipinski definition) is 3. The Balaban J connectivity index is 1.48. The molecule has 0 radical (unpaired) electrons. The molecule has 1 aliphatic carbocycles. The highest BCUT2D eigenvalue weighted by Crippen LogP contribution is 2.31. The van der Waals surface area contributed by atoms with Crippen LogP contribution in [0, 0.1) is 0 Å². The highest BCUT2D eigenvalue weighted by molar-refractivity contribution is 6.05. The van der Waals surface area contributed by atoms with Gasteiger partial charge in [0, 0.05) is 36.3 Å². The van der Waals surface area contributed by atoms with Gasteiger partial charge in [0.2, 0.25) is 11.8 Å². The topological polar surface area (TPSA) is 90.5 Å². The maximum atomic E-state index is 12.7. The molecule has 2 aliphatic heterocycles. The number of imide groups is 1. The zero-order chi connectivity index (χ0) is 19.0. The number of carbonyl (C=O) groups is 3. The molecule has 1 saturated carbocycles. The second-order valence-electron chi connectivity index (χ2n) is 7.62. The van der Waals surface area contributed by atoms with Crippen molar-refractivity contribution in [2.24, 2.45) is 0 Å². The Morgan fingerprint density at radius 3 is 2.74 bits per heavy atom. The molecule has 3 aliphatic rings. The summed E-state index contributed by atoms with van der Waals surface area (Å²) in [5.74, 6) is -0.763. The summed E-state index contributed by atoms with van der Waals surface area (Å²) in [6, 6.07) is 6.14. The zero-order valence-electron chi connectivity index (χ0n) is 15.6. The van der Waals surface area contributed by atoms with E-state index in [1.807, 2.05) is 18.2 Å². The number of amides is 3. The van der Waals surface area contributed by atoms with Crippen molar-refractivity contribution in [3.8, 4) is 0 Å². The molecule has 7 heteroatoms. The minimum Gasteiger partial charge on any atom is -0.381 e. The van der Waals surface area contributed by atoms with Crippen molar-refractivity contribution in [1.29, 1.82) is 0 Å². The predicted octanol–water partition coefficient (Wildman–Crippen LogP) is 1.39. The third-order valence-electron chi connectivity index (χ3n) is 5.86. The van der Waals surface area contributed by atoms with Crippen LogP contribution < -0.4 is 16.0 Å². The summed E-state index contributed by atoms with van der Waals surface area (Å²) in [6.45, 7) is 3.50.